The van der Waals surface area contributed by atoms with Crippen molar-refractivity contribution in [3.8, 4) is 23.0 Å². The third kappa shape index (κ3) is 3.51. The number of nitrogens with zero attached hydrogens (tertiary/aromatic N) is 2. The Morgan fingerprint density at radius 3 is 2.26 bits per heavy atom. The Balaban J connectivity index is 2.16. The lowest BCUT2D eigenvalue weighted by Crippen LogP contribution is -2.01. The van der Waals surface area contributed by atoms with Crippen LogP contribution in [0.3, 0.4) is 0 Å². The van der Waals surface area contributed by atoms with Crippen molar-refractivity contribution < 1.29 is 19.4 Å². The predicted octanol–water partition coefficient (Wildman–Crippen LogP) is 4.86. The predicted molar refractivity (Wildman–Crippen MR) is 105 cm³/mol. The first kappa shape index (κ1) is 18.5. The largest absolute Gasteiger partial charge is 0.493 e. The summed E-state index contributed by atoms with van der Waals surface area (Å²) in [6.45, 7) is 5.75. The highest BCUT2D eigenvalue weighted by Crippen LogP contribution is 2.38. The van der Waals surface area contributed by atoms with Crippen LogP contribution in [0.1, 0.15) is 23.6 Å². The molecule has 1 heterocycles. The number of aromatic nitrogens is 1. The molecule has 140 valence electrons. The third-order valence-electron chi connectivity index (χ3n) is 4.56. The quantitative estimate of drug-likeness (QED) is 0.397. The highest BCUT2D eigenvalue weighted by Gasteiger charge is 2.15. The first-order valence-corrected chi connectivity index (χ1v) is 8.47. The number of benzene rings is 2. The Morgan fingerprint density at radius 2 is 1.59 bits per heavy atom. The van der Waals surface area contributed by atoms with E-state index in [9.17, 15) is 5.21 Å². The van der Waals surface area contributed by atoms with E-state index in [1.807, 2.05) is 38.1 Å². The summed E-state index contributed by atoms with van der Waals surface area (Å²) < 4.78 is 17.0. The van der Waals surface area contributed by atoms with Crippen LogP contribution in [0.25, 0.3) is 10.9 Å². The fourth-order valence-corrected chi connectivity index (χ4v) is 2.87. The van der Waals surface area contributed by atoms with Crippen LogP contribution in [0, 0.1) is 13.8 Å². The van der Waals surface area contributed by atoms with Crippen LogP contribution in [0.5, 0.6) is 23.0 Å². The molecule has 0 aliphatic heterocycles. The number of aryl methyl sites for hydroxylation is 2. The summed E-state index contributed by atoms with van der Waals surface area (Å²) in [5, 5.41) is 13.4. The number of oxime groups is 1. The van der Waals surface area contributed by atoms with Gasteiger partial charge in [-0.1, -0.05) is 5.16 Å². The van der Waals surface area contributed by atoms with Crippen LogP contribution >= 0.6 is 0 Å². The van der Waals surface area contributed by atoms with Crippen molar-refractivity contribution in [3.63, 3.8) is 0 Å². The molecule has 3 aromatic rings. The summed E-state index contributed by atoms with van der Waals surface area (Å²) in [6, 6.07) is 9.32. The number of rotatable bonds is 5. The average molecular weight is 366 g/mol. The molecule has 0 radical (unpaired) electrons. The monoisotopic (exact) mass is 366 g/mol. The Morgan fingerprint density at radius 1 is 0.926 bits per heavy atom. The van der Waals surface area contributed by atoms with Gasteiger partial charge in [0.1, 0.15) is 11.5 Å². The van der Waals surface area contributed by atoms with Gasteiger partial charge in [0, 0.05) is 23.2 Å². The standard InChI is InChI=1S/C21H22N2O4/c1-12-8-15(14(3)23-24)19(9-13(12)2)27-18-6-7-22-17-11-21(26-5)20(25-4)10-16(17)18/h6-11,24H,1-5H3/b23-14+. The van der Waals surface area contributed by atoms with Gasteiger partial charge in [-0.15, -0.1) is 0 Å². The number of hydrogen-bond donors (Lipinski definition) is 1. The van der Waals surface area contributed by atoms with E-state index >= 15 is 0 Å². The van der Waals surface area contributed by atoms with Crippen LogP contribution in [0.15, 0.2) is 41.7 Å². The molecule has 1 N–H and O–H groups in total. The second-order valence-electron chi connectivity index (χ2n) is 6.25. The zero-order valence-corrected chi connectivity index (χ0v) is 16.0. The zero-order chi connectivity index (χ0) is 19.6. The first-order chi connectivity index (χ1) is 13.0. The van der Waals surface area contributed by atoms with Crippen LogP contribution < -0.4 is 14.2 Å². The van der Waals surface area contributed by atoms with Crippen molar-refractivity contribution in [2.45, 2.75) is 20.8 Å². The number of ether oxygens (including phenoxy) is 3. The van der Waals surface area contributed by atoms with E-state index in [0.29, 0.717) is 28.7 Å². The second-order valence-corrected chi connectivity index (χ2v) is 6.25. The number of pyridine rings is 1. The molecule has 6 nitrogen and oxygen atoms in total. The van der Waals surface area contributed by atoms with E-state index in [1.165, 1.54) is 0 Å². The summed E-state index contributed by atoms with van der Waals surface area (Å²) in [7, 11) is 3.17. The van der Waals surface area contributed by atoms with E-state index in [0.717, 1.165) is 27.6 Å². The Bertz CT molecular complexity index is 1030. The van der Waals surface area contributed by atoms with Crippen molar-refractivity contribution in [3.05, 3.63) is 53.2 Å². The number of fused-ring (bicyclic) bond motifs is 1. The molecule has 0 amide bonds. The van der Waals surface area contributed by atoms with Gasteiger partial charge in [-0.25, -0.2) is 0 Å². The van der Waals surface area contributed by atoms with Crippen LogP contribution in [0.4, 0.5) is 0 Å². The van der Waals surface area contributed by atoms with Gasteiger partial charge >= 0.3 is 0 Å². The van der Waals surface area contributed by atoms with Gasteiger partial charge in [0.05, 0.1) is 25.4 Å². The van der Waals surface area contributed by atoms with Crippen molar-refractivity contribution in [1.82, 2.24) is 4.98 Å². The number of methoxy groups -OCH3 is 2. The second kappa shape index (κ2) is 7.53. The maximum absolute atomic E-state index is 9.23. The fraction of sp³-hybridized carbons (Fsp3) is 0.238. The zero-order valence-electron chi connectivity index (χ0n) is 16.0. The van der Waals surface area contributed by atoms with Crippen molar-refractivity contribution in [1.29, 1.82) is 0 Å². The van der Waals surface area contributed by atoms with E-state index in [2.05, 4.69) is 10.1 Å². The summed E-state index contributed by atoms with van der Waals surface area (Å²) >= 11 is 0. The smallest absolute Gasteiger partial charge is 0.162 e. The van der Waals surface area contributed by atoms with E-state index in [1.54, 1.807) is 33.4 Å². The molecule has 0 saturated heterocycles. The summed E-state index contributed by atoms with van der Waals surface area (Å²) in [5.74, 6) is 2.42. The molecule has 0 fully saturated rings. The molecule has 27 heavy (non-hydrogen) atoms. The highest BCUT2D eigenvalue weighted by molar-refractivity contribution is 6.01. The summed E-state index contributed by atoms with van der Waals surface area (Å²) in [4.78, 5) is 4.39. The summed E-state index contributed by atoms with van der Waals surface area (Å²) in [5.41, 5.74) is 4.10. The van der Waals surface area contributed by atoms with Crippen LogP contribution in [0.2, 0.25) is 0 Å². The van der Waals surface area contributed by atoms with Crippen molar-refractivity contribution >= 4 is 16.6 Å². The molecule has 0 aliphatic rings. The molecule has 3 rings (SSSR count). The molecular formula is C21H22N2O4. The van der Waals surface area contributed by atoms with E-state index in [4.69, 9.17) is 14.2 Å². The van der Waals surface area contributed by atoms with E-state index in [-0.39, 0.29) is 0 Å². The van der Waals surface area contributed by atoms with E-state index < -0.39 is 0 Å². The normalized spacial score (nSPS) is 11.5. The summed E-state index contributed by atoms with van der Waals surface area (Å²) in [6.07, 6.45) is 1.68. The third-order valence-corrected chi connectivity index (χ3v) is 4.56. The SMILES string of the molecule is COc1cc2nccc(Oc3cc(C)c(C)cc3/C(C)=N/O)c2cc1OC. The number of hydrogen-bond acceptors (Lipinski definition) is 6. The molecule has 0 atom stereocenters. The van der Waals surface area contributed by atoms with Crippen LogP contribution in [-0.2, 0) is 0 Å². The average Bonchev–Trinajstić information content (AvgIpc) is 2.69. The molecule has 0 saturated carbocycles. The molecule has 0 bridgehead atoms. The highest BCUT2D eigenvalue weighted by atomic mass is 16.5. The Hall–Kier alpha value is -3.28. The molecule has 0 spiro atoms. The maximum Gasteiger partial charge on any atom is 0.162 e. The van der Waals surface area contributed by atoms with Gasteiger partial charge in [-0.05, 0) is 56.2 Å². The first-order valence-electron chi connectivity index (χ1n) is 8.47. The Labute approximate surface area is 158 Å². The minimum absolute atomic E-state index is 0.478. The molecule has 0 aliphatic carbocycles. The lowest BCUT2D eigenvalue weighted by Gasteiger charge is -2.15. The van der Waals surface area contributed by atoms with Gasteiger partial charge in [0.15, 0.2) is 11.5 Å². The van der Waals surface area contributed by atoms with Gasteiger partial charge in [0.2, 0.25) is 0 Å². The molecule has 0 unspecified atom stereocenters. The maximum atomic E-state index is 9.23. The minimum atomic E-state index is 0.478. The molecular weight excluding hydrogens is 344 g/mol. The Kier molecular flexibility index (Phi) is 5.16. The lowest BCUT2D eigenvalue weighted by atomic mass is 10.0. The van der Waals surface area contributed by atoms with Gasteiger partial charge < -0.3 is 19.4 Å². The molecule has 6 heteroatoms. The van der Waals surface area contributed by atoms with Crippen LogP contribution in [-0.4, -0.2) is 30.1 Å². The van der Waals surface area contributed by atoms with Crippen molar-refractivity contribution in [2.75, 3.05) is 14.2 Å². The molecule has 2 aromatic carbocycles. The van der Waals surface area contributed by atoms with Crippen molar-refractivity contribution in [2.24, 2.45) is 5.16 Å². The lowest BCUT2D eigenvalue weighted by molar-refractivity contribution is 0.319. The van der Waals surface area contributed by atoms with Gasteiger partial charge in [-0.3, -0.25) is 4.98 Å². The molecule has 1 aromatic heterocycles. The van der Waals surface area contributed by atoms with Gasteiger partial charge in [0.25, 0.3) is 0 Å². The topological polar surface area (TPSA) is 73.2 Å². The fourth-order valence-electron chi connectivity index (χ4n) is 2.87. The minimum Gasteiger partial charge on any atom is -0.493 e. The van der Waals surface area contributed by atoms with Gasteiger partial charge in [-0.2, -0.15) is 0 Å².